The van der Waals surface area contributed by atoms with Crippen LogP contribution < -0.4 is 11.1 Å². The zero-order valence-electron chi connectivity index (χ0n) is 11.6. The van der Waals surface area contributed by atoms with Crippen LogP contribution in [0.4, 0.5) is 4.39 Å². The predicted octanol–water partition coefficient (Wildman–Crippen LogP) is 2.80. The molecule has 1 rings (SSSR count). The molecule has 0 radical (unpaired) electrons. The minimum atomic E-state index is -0.497. The van der Waals surface area contributed by atoms with Crippen molar-refractivity contribution in [3.05, 3.63) is 35.1 Å². The molecule has 5 heteroatoms. The molecular weight excluding hydrogens is 267 g/mol. The third kappa shape index (κ3) is 4.80. The zero-order valence-corrected chi connectivity index (χ0v) is 12.4. The van der Waals surface area contributed by atoms with Crippen molar-refractivity contribution < 1.29 is 9.18 Å². The van der Waals surface area contributed by atoms with Gasteiger partial charge in [-0.2, -0.15) is 0 Å². The van der Waals surface area contributed by atoms with E-state index in [1.807, 2.05) is 13.8 Å². The number of halogens is 2. The fourth-order valence-electron chi connectivity index (χ4n) is 1.66. The first-order chi connectivity index (χ1) is 8.41. The third-order valence-electron chi connectivity index (χ3n) is 3.38. The molecule has 0 spiro atoms. The van der Waals surface area contributed by atoms with Crippen LogP contribution in [0.15, 0.2) is 18.2 Å². The molecule has 19 heavy (non-hydrogen) atoms. The van der Waals surface area contributed by atoms with Gasteiger partial charge < -0.3 is 11.1 Å². The van der Waals surface area contributed by atoms with Crippen molar-refractivity contribution in [1.29, 1.82) is 0 Å². The Kier molecular flexibility index (Phi) is 7.01. The van der Waals surface area contributed by atoms with Crippen molar-refractivity contribution in [3.8, 4) is 0 Å². The molecule has 0 atom stereocenters. The van der Waals surface area contributed by atoms with Crippen molar-refractivity contribution >= 4 is 18.3 Å². The first kappa shape index (κ1) is 17.9. The number of rotatable bonds is 5. The quantitative estimate of drug-likeness (QED) is 0.875. The number of carbonyl (C=O) groups excluding carboxylic acids is 1. The van der Waals surface area contributed by atoms with Gasteiger partial charge in [-0.15, -0.1) is 12.4 Å². The van der Waals surface area contributed by atoms with Crippen molar-refractivity contribution in [1.82, 2.24) is 5.32 Å². The fraction of sp³-hybridized carbons (Fsp3) is 0.500. The minimum Gasteiger partial charge on any atom is -0.350 e. The molecule has 0 heterocycles. The molecule has 1 aromatic carbocycles. The second-order valence-electron chi connectivity index (χ2n) is 4.74. The maximum absolute atomic E-state index is 13.6. The van der Waals surface area contributed by atoms with Gasteiger partial charge in [0.15, 0.2) is 0 Å². The Labute approximate surface area is 120 Å². The summed E-state index contributed by atoms with van der Waals surface area (Å²) in [5.41, 5.74) is 6.51. The van der Waals surface area contributed by atoms with Crippen LogP contribution in [-0.4, -0.2) is 18.0 Å². The summed E-state index contributed by atoms with van der Waals surface area (Å²) in [5, 5.41) is 2.70. The number of nitrogens with two attached hydrogens (primary N) is 1. The first-order valence-electron chi connectivity index (χ1n) is 6.25. The topological polar surface area (TPSA) is 55.1 Å². The van der Waals surface area contributed by atoms with Crippen LogP contribution in [0.3, 0.4) is 0 Å². The Morgan fingerprint density at radius 2 is 1.95 bits per heavy atom. The lowest BCUT2D eigenvalue weighted by molar-refractivity contribution is 0.0938. The number of aryl methyl sites for hydroxylation is 1. The van der Waals surface area contributed by atoms with Crippen LogP contribution in [-0.2, 0) is 0 Å². The standard InChI is InChI=1S/C14H21FN2O.ClH/c1-4-14(16,5-2)9-17-13(18)11-7-6-10(3)8-12(11)15;/h6-8H,4-5,9,16H2,1-3H3,(H,17,18);1H. The van der Waals surface area contributed by atoms with E-state index in [1.165, 1.54) is 12.1 Å². The van der Waals surface area contributed by atoms with Crippen molar-refractivity contribution in [2.24, 2.45) is 5.73 Å². The number of amides is 1. The van der Waals surface area contributed by atoms with Crippen LogP contribution >= 0.6 is 12.4 Å². The van der Waals surface area contributed by atoms with E-state index in [4.69, 9.17) is 5.73 Å². The van der Waals surface area contributed by atoms with E-state index in [-0.39, 0.29) is 18.0 Å². The average Bonchev–Trinajstić information content (AvgIpc) is 2.35. The Bertz CT molecular complexity index is 433. The van der Waals surface area contributed by atoms with Gasteiger partial charge in [0.25, 0.3) is 5.91 Å². The molecule has 0 fully saturated rings. The highest BCUT2D eigenvalue weighted by molar-refractivity contribution is 5.94. The Morgan fingerprint density at radius 3 is 2.42 bits per heavy atom. The molecule has 0 aromatic heterocycles. The molecule has 1 amide bonds. The highest BCUT2D eigenvalue weighted by atomic mass is 35.5. The van der Waals surface area contributed by atoms with Gasteiger partial charge in [-0.3, -0.25) is 4.79 Å². The summed E-state index contributed by atoms with van der Waals surface area (Å²) in [6.45, 7) is 6.08. The average molecular weight is 289 g/mol. The second kappa shape index (κ2) is 7.46. The molecule has 0 unspecified atom stereocenters. The van der Waals surface area contributed by atoms with Crippen molar-refractivity contribution in [2.45, 2.75) is 39.2 Å². The summed E-state index contributed by atoms with van der Waals surface area (Å²) in [6, 6.07) is 4.56. The van der Waals surface area contributed by atoms with Crippen molar-refractivity contribution in [2.75, 3.05) is 6.54 Å². The molecule has 0 aliphatic rings. The van der Waals surface area contributed by atoms with Gasteiger partial charge in [0.2, 0.25) is 0 Å². The lowest BCUT2D eigenvalue weighted by Gasteiger charge is -2.26. The first-order valence-corrected chi connectivity index (χ1v) is 6.25. The fourth-order valence-corrected chi connectivity index (χ4v) is 1.66. The van der Waals surface area contributed by atoms with E-state index < -0.39 is 17.3 Å². The molecule has 0 saturated heterocycles. The smallest absolute Gasteiger partial charge is 0.254 e. The van der Waals surface area contributed by atoms with Gasteiger partial charge in [-0.05, 0) is 37.5 Å². The van der Waals surface area contributed by atoms with Gasteiger partial charge in [-0.25, -0.2) is 4.39 Å². The maximum Gasteiger partial charge on any atom is 0.254 e. The van der Waals surface area contributed by atoms with E-state index in [0.29, 0.717) is 6.54 Å². The summed E-state index contributed by atoms with van der Waals surface area (Å²) in [6.07, 6.45) is 1.53. The Morgan fingerprint density at radius 1 is 1.37 bits per heavy atom. The molecule has 108 valence electrons. The summed E-state index contributed by atoms with van der Waals surface area (Å²) in [4.78, 5) is 11.8. The number of hydrogen-bond acceptors (Lipinski definition) is 2. The van der Waals surface area contributed by atoms with E-state index in [2.05, 4.69) is 5.32 Å². The van der Waals surface area contributed by atoms with Gasteiger partial charge >= 0.3 is 0 Å². The largest absolute Gasteiger partial charge is 0.350 e. The highest BCUT2D eigenvalue weighted by Gasteiger charge is 2.22. The number of hydrogen-bond donors (Lipinski definition) is 2. The van der Waals surface area contributed by atoms with Gasteiger partial charge in [0.1, 0.15) is 5.82 Å². The van der Waals surface area contributed by atoms with Crippen LogP contribution in [0.5, 0.6) is 0 Å². The van der Waals surface area contributed by atoms with Crippen LogP contribution in [0.25, 0.3) is 0 Å². The highest BCUT2D eigenvalue weighted by Crippen LogP contribution is 2.12. The molecule has 3 nitrogen and oxygen atoms in total. The van der Waals surface area contributed by atoms with Crippen LogP contribution in [0.2, 0.25) is 0 Å². The monoisotopic (exact) mass is 288 g/mol. The van der Waals surface area contributed by atoms with Crippen molar-refractivity contribution in [3.63, 3.8) is 0 Å². The summed E-state index contributed by atoms with van der Waals surface area (Å²) in [5.74, 6) is -0.910. The van der Waals surface area contributed by atoms with E-state index in [9.17, 15) is 9.18 Å². The van der Waals surface area contributed by atoms with Gasteiger partial charge in [-0.1, -0.05) is 19.9 Å². The molecule has 0 saturated carbocycles. The third-order valence-corrected chi connectivity index (χ3v) is 3.38. The number of carbonyl (C=O) groups is 1. The molecular formula is C14H22ClFN2O. The summed E-state index contributed by atoms with van der Waals surface area (Å²) in [7, 11) is 0. The van der Waals surface area contributed by atoms with E-state index >= 15 is 0 Å². The molecule has 3 N–H and O–H groups in total. The summed E-state index contributed by atoms with van der Waals surface area (Å²) < 4.78 is 13.6. The second-order valence-corrected chi connectivity index (χ2v) is 4.74. The molecule has 0 aliphatic heterocycles. The van der Waals surface area contributed by atoms with Gasteiger partial charge in [0, 0.05) is 12.1 Å². The Balaban J connectivity index is 0.00000324. The lowest BCUT2D eigenvalue weighted by atomic mass is 9.94. The maximum atomic E-state index is 13.6. The SMILES string of the molecule is CCC(N)(CC)CNC(=O)c1ccc(C)cc1F.Cl. The molecule has 0 aliphatic carbocycles. The lowest BCUT2D eigenvalue weighted by Crippen LogP contribution is -2.49. The number of benzene rings is 1. The zero-order chi connectivity index (χ0) is 13.8. The normalized spacial score (nSPS) is 10.8. The van der Waals surface area contributed by atoms with E-state index in [1.54, 1.807) is 13.0 Å². The van der Waals surface area contributed by atoms with Crippen LogP contribution in [0, 0.1) is 12.7 Å². The van der Waals surface area contributed by atoms with Crippen LogP contribution in [0.1, 0.15) is 42.6 Å². The number of nitrogens with one attached hydrogen (secondary N) is 1. The molecule has 1 aromatic rings. The summed E-state index contributed by atoms with van der Waals surface area (Å²) >= 11 is 0. The van der Waals surface area contributed by atoms with Gasteiger partial charge in [0.05, 0.1) is 5.56 Å². The predicted molar refractivity (Wildman–Crippen MR) is 78.2 cm³/mol. The minimum absolute atomic E-state index is 0. The van der Waals surface area contributed by atoms with E-state index in [0.717, 1.165) is 18.4 Å². The molecule has 0 bridgehead atoms. The Hall–Kier alpha value is -1.13.